The summed E-state index contributed by atoms with van der Waals surface area (Å²) in [5, 5.41) is 7.65. The zero-order valence-electron chi connectivity index (χ0n) is 14.0. The summed E-state index contributed by atoms with van der Waals surface area (Å²) in [6, 6.07) is 12.0. The van der Waals surface area contributed by atoms with Crippen molar-refractivity contribution in [3.8, 4) is 11.3 Å². The highest BCUT2D eigenvalue weighted by Crippen LogP contribution is 2.18. The van der Waals surface area contributed by atoms with Crippen LogP contribution in [-0.2, 0) is 4.74 Å². The molecule has 0 saturated carbocycles. The van der Waals surface area contributed by atoms with Crippen LogP contribution in [0.1, 0.15) is 18.9 Å². The highest BCUT2D eigenvalue weighted by atomic mass is 16.5. The van der Waals surface area contributed by atoms with Crippen molar-refractivity contribution in [2.75, 3.05) is 33.4 Å². The fraction of sp³-hybridized carbons (Fsp3) is 0.444. The fourth-order valence-corrected chi connectivity index (χ4v) is 2.96. The first kappa shape index (κ1) is 16.5. The van der Waals surface area contributed by atoms with Gasteiger partial charge < -0.3 is 15.0 Å². The standard InChI is InChI=1S/C18H24N4O2/c1-24-14-16(13-19-18(23)21-10-5-6-11-21)22-12-9-17(20-22)15-7-3-2-4-8-15/h2-4,7-9,12,16H,5-6,10-11,13-14H2,1H3,(H,19,23). The normalized spacial score (nSPS) is 15.5. The van der Waals surface area contributed by atoms with Gasteiger partial charge in [0, 0.05) is 38.5 Å². The lowest BCUT2D eigenvalue weighted by Crippen LogP contribution is -2.41. The minimum atomic E-state index is -0.0287. The van der Waals surface area contributed by atoms with Gasteiger partial charge in [0.1, 0.15) is 0 Å². The van der Waals surface area contributed by atoms with Crippen molar-refractivity contribution >= 4 is 6.03 Å². The number of carbonyl (C=O) groups excluding carboxylic acids is 1. The number of nitrogens with zero attached hydrogens (tertiary/aromatic N) is 3. The van der Waals surface area contributed by atoms with Crippen LogP contribution in [0.4, 0.5) is 4.79 Å². The summed E-state index contributed by atoms with van der Waals surface area (Å²) in [7, 11) is 1.66. The quantitative estimate of drug-likeness (QED) is 0.886. The maximum Gasteiger partial charge on any atom is 0.317 e. The maximum absolute atomic E-state index is 12.2. The van der Waals surface area contributed by atoms with Crippen LogP contribution < -0.4 is 5.32 Å². The van der Waals surface area contributed by atoms with Crippen LogP contribution in [0.2, 0.25) is 0 Å². The number of amides is 2. The van der Waals surface area contributed by atoms with Crippen LogP contribution in [0, 0.1) is 0 Å². The highest BCUT2D eigenvalue weighted by Gasteiger charge is 2.20. The van der Waals surface area contributed by atoms with E-state index in [0.29, 0.717) is 13.2 Å². The van der Waals surface area contributed by atoms with E-state index in [-0.39, 0.29) is 12.1 Å². The Bertz CT molecular complexity index is 650. The van der Waals surface area contributed by atoms with Crippen molar-refractivity contribution in [1.82, 2.24) is 20.0 Å². The van der Waals surface area contributed by atoms with Gasteiger partial charge in [0.15, 0.2) is 0 Å². The number of methoxy groups -OCH3 is 1. The van der Waals surface area contributed by atoms with Gasteiger partial charge in [-0.1, -0.05) is 30.3 Å². The summed E-state index contributed by atoms with van der Waals surface area (Å²) < 4.78 is 7.18. The molecule has 128 valence electrons. The fourth-order valence-electron chi connectivity index (χ4n) is 2.96. The van der Waals surface area contributed by atoms with Gasteiger partial charge in [-0.05, 0) is 18.9 Å². The number of aromatic nitrogens is 2. The number of carbonyl (C=O) groups is 1. The van der Waals surface area contributed by atoms with Crippen molar-refractivity contribution in [1.29, 1.82) is 0 Å². The van der Waals surface area contributed by atoms with E-state index in [4.69, 9.17) is 4.74 Å². The lowest BCUT2D eigenvalue weighted by Gasteiger charge is -2.21. The van der Waals surface area contributed by atoms with E-state index in [9.17, 15) is 4.79 Å². The molecule has 1 saturated heterocycles. The van der Waals surface area contributed by atoms with Crippen molar-refractivity contribution in [3.63, 3.8) is 0 Å². The first-order valence-corrected chi connectivity index (χ1v) is 8.40. The van der Waals surface area contributed by atoms with Crippen molar-refractivity contribution < 1.29 is 9.53 Å². The Hall–Kier alpha value is -2.34. The van der Waals surface area contributed by atoms with Gasteiger partial charge in [0.25, 0.3) is 0 Å². The number of rotatable bonds is 6. The average Bonchev–Trinajstić information content (AvgIpc) is 3.30. The molecule has 0 spiro atoms. The van der Waals surface area contributed by atoms with Crippen LogP contribution in [0.5, 0.6) is 0 Å². The Morgan fingerprint density at radius 1 is 1.25 bits per heavy atom. The van der Waals surface area contributed by atoms with Gasteiger partial charge in [-0.25, -0.2) is 4.79 Å². The molecule has 0 bridgehead atoms. The van der Waals surface area contributed by atoms with Crippen LogP contribution in [0.3, 0.4) is 0 Å². The Labute approximate surface area is 142 Å². The number of hydrogen-bond acceptors (Lipinski definition) is 3. The molecule has 1 aromatic carbocycles. The Balaban J connectivity index is 1.64. The Morgan fingerprint density at radius 2 is 2.00 bits per heavy atom. The van der Waals surface area contributed by atoms with Crippen LogP contribution in [0.15, 0.2) is 42.6 Å². The molecule has 2 aromatic rings. The molecule has 2 heterocycles. The van der Waals surface area contributed by atoms with E-state index in [0.717, 1.165) is 37.2 Å². The third kappa shape index (κ3) is 3.94. The molecule has 1 aromatic heterocycles. The zero-order chi connectivity index (χ0) is 16.8. The topological polar surface area (TPSA) is 59.4 Å². The van der Waals surface area contributed by atoms with Gasteiger partial charge in [0.2, 0.25) is 0 Å². The van der Waals surface area contributed by atoms with Gasteiger partial charge in [-0.15, -0.1) is 0 Å². The van der Waals surface area contributed by atoms with E-state index < -0.39 is 0 Å². The van der Waals surface area contributed by atoms with Crippen molar-refractivity contribution in [2.45, 2.75) is 18.9 Å². The van der Waals surface area contributed by atoms with E-state index in [1.165, 1.54) is 0 Å². The predicted octanol–water partition coefficient (Wildman–Crippen LogP) is 2.54. The number of urea groups is 1. The van der Waals surface area contributed by atoms with E-state index >= 15 is 0 Å². The molecular formula is C18H24N4O2. The van der Waals surface area contributed by atoms with Crippen LogP contribution >= 0.6 is 0 Å². The van der Waals surface area contributed by atoms with Gasteiger partial charge in [-0.3, -0.25) is 4.68 Å². The molecule has 0 aliphatic carbocycles. The molecule has 0 radical (unpaired) electrons. The van der Waals surface area contributed by atoms with Gasteiger partial charge in [0.05, 0.1) is 18.3 Å². The second-order valence-electron chi connectivity index (χ2n) is 6.04. The van der Waals surface area contributed by atoms with Crippen LogP contribution in [0.25, 0.3) is 11.3 Å². The average molecular weight is 328 g/mol. The molecule has 6 heteroatoms. The number of ether oxygens (including phenoxy) is 1. The Kier molecular flexibility index (Phi) is 5.48. The predicted molar refractivity (Wildman–Crippen MR) is 92.8 cm³/mol. The second kappa shape index (κ2) is 7.97. The monoisotopic (exact) mass is 328 g/mol. The molecule has 1 N–H and O–H groups in total. The first-order chi connectivity index (χ1) is 11.8. The molecule has 3 rings (SSSR count). The molecule has 2 amide bonds. The van der Waals surface area contributed by atoms with Crippen molar-refractivity contribution in [2.24, 2.45) is 0 Å². The molecule has 1 fully saturated rings. The van der Waals surface area contributed by atoms with E-state index in [1.807, 2.05) is 52.2 Å². The summed E-state index contributed by atoms with van der Waals surface area (Å²) in [5.41, 5.74) is 2.00. The number of likely N-dealkylation sites (tertiary alicyclic amines) is 1. The molecule has 1 aliphatic heterocycles. The number of benzene rings is 1. The molecular weight excluding hydrogens is 304 g/mol. The largest absolute Gasteiger partial charge is 0.382 e. The summed E-state index contributed by atoms with van der Waals surface area (Å²) >= 11 is 0. The first-order valence-electron chi connectivity index (χ1n) is 8.40. The van der Waals surface area contributed by atoms with E-state index in [2.05, 4.69) is 10.4 Å². The SMILES string of the molecule is COCC(CNC(=O)N1CCCC1)n1ccc(-c2ccccc2)n1. The molecule has 1 unspecified atom stereocenters. The Morgan fingerprint density at radius 3 is 2.71 bits per heavy atom. The van der Waals surface area contributed by atoms with Gasteiger partial charge in [-0.2, -0.15) is 5.10 Å². The van der Waals surface area contributed by atoms with E-state index in [1.54, 1.807) is 7.11 Å². The van der Waals surface area contributed by atoms with Crippen LogP contribution in [-0.4, -0.2) is 54.1 Å². The molecule has 24 heavy (non-hydrogen) atoms. The lowest BCUT2D eigenvalue weighted by atomic mass is 10.2. The maximum atomic E-state index is 12.2. The number of hydrogen-bond donors (Lipinski definition) is 1. The zero-order valence-corrected chi connectivity index (χ0v) is 14.0. The third-order valence-electron chi connectivity index (χ3n) is 4.29. The minimum Gasteiger partial charge on any atom is -0.382 e. The minimum absolute atomic E-state index is 0.00374. The third-order valence-corrected chi connectivity index (χ3v) is 4.29. The molecule has 1 atom stereocenters. The second-order valence-corrected chi connectivity index (χ2v) is 6.04. The summed E-state index contributed by atoms with van der Waals surface area (Å²) in [6.07, 6.45) is 4.12. The molecule has 6 nitrogen and oxygen atoms in total. The van der Waals surface area contributed by atoms with Crippen molar-refractivity contribution in [3.05, 3.63) is 42.6 Å². The summed E-state index contributed by atoms with van der Waals surface area (Å²) in [4.78, 5) is 14.0. The number of nitrogens with one attached hydrogen (secondary N) is 1. The smallest absolute Gasteiger partial charge is 0.317 e. The van der Waals surface area contributed by atoms with Gasteiger partial charge >= 0.3 is 6.03 Å². The highest BCUT2D eigenvalue weighted by molar-refractivity contribution is 5.74. The summed E-state index contributed by atoms with van der Waals surface area (Å²) in [5.74, 6) is 0. The lowest BCUT2D eigenvalue weighted by molar-refractivity contribution is 0.146. The summed E-state index contributed by atoms with van der Waals surface area (Å²) in [6.45, 7) is 2.69. The molecule has 1 aliphatic rings.